The van der Waals surface area contributed by atoms with Crippen molar-refractivity contribution < 1.29 is 14.3 Å². The van der Waals surface area contributed by atoms with Crippen molar-refractivity contribution in [3.8, 4) is 11.5 Å². The number of anilines is 2. The van der Waals surface area contributed by atoms with Gasteiger partial charge in [-0.3, -0.25) is 4.79 Å². The van der Waals surface area contributed by atoms with Gasteiger partial charge in [0.15, 0.2) is 0 Å². The number of nitrogens with one attached hydrogen (secondary N) is 4. The van der Waals surface area contributed by atoms with E-state index in [4.69, 9.17) is 15.9 Å². The molecule has 0 bridgehead atoms. The molecular weight excluding hydrogens is 418 g/mol. The van der Waals surface area contributed by atoms with Crippen LogP contribution in [0.3, 0.4) is 0 Å². The molecule has 0 saturated heterocycles. The highest BCUT2D eigenvalue weighted by molar-refractivity contribution is 6.07. The van der Waals surface area contributed by atoms with Gasteiger partial charge in [-0.1, -0.05) is 30.3 Å². The molecule has 0 aromatic heterocycles. The Kier molecular flexibility index (Phi) is 6.08. The van der Waals surface area contributed by atoms with Gasteiger partial charge in [0.2, 0.25) is 0 Å². The molecule has 0 saturated carbocycles. The lowest BCUT2D eigenvalue weighted by Crippen LogP contribution is -2.45. The summed E-state index contributed by atoms with van der Waals surface area (Å²) in [5.41, 5.74) is 8.82. The summed E-state index contributed by atoms with van der Waals surface area (Å²) in [6, 6.07) is 20.5. The number of benzene rings is 3. The first-order chi connectivity index (χ1) is 15.9. The molecule has 166 valence electrons. The predicted molar refractivity (Wildman–Crippen MR) is 127 cm³/mol. The van der Waals surface area contributed by atoms with Gasteiger partial charge >= 0.3 is 6.03 Å². The number of urea groups is 1. The largest absolute Gasteiger partial charge is 0.457 e. The van der Waals surface area contributed by atoms with Gasteiger partial charge in [0.1, 0.15) is 11.5 Å². The molecule has 8 nitrogen and oxygen atoms in total. The molecule has 33 heavy (non-hydrogen) atoms. The van der Waals surface area contributed by atoms with Crippen LogP contribution in [0.2, 0.25) is 0 Å². The maximum Gasteiger partial charge on any atom is 0.319 e. The van der Waals surface area contributed by atoms with E-state index in [1.54, 1.807) is 37.3 Å². The van der Waals surface area contributed by atoms with Crippen molar-refractivity contribution in [3.63, 3.8) is 0 Å². The van der Waals surface area contributed by atoms with E-state index in [0.29, 0.717) is 39.7 Å². The molecule has 0 spiro atoms. The zero-order chi connectivity index (χ0) is 23.4. The summed E-state index contributed by atoms with van der Waals surface area (Å²) in [5, 5.41) is 15.8. The summed E-state index contributed by atoms with van der Waals surface area (Å²) < 4.78 is 5.83. The van der Waals surface area contributed by atoms with Crippen molar-refractivity contribution in [3.05, 3.63) is 95.2 Å². The number of para-hydroxylation sites is 1. The van der Waals surface area contributed by atoms with Gasteiger partial charge in [-0.25, -0.2) is 4.79 Å². The van der Waals surface area contributed by atoms with Crippen LogP contribution in [-0.4, -0.2) is 18.2 Å². The van der Waals surface area contributed by atoms with Crippen molar-refractivity contribution in [1.29, 1.82) is 5.41 Å². The maximum absolute atomic E-state index is 13.2. The lowest BCUT2D eigenvalue weighted by atomic mass is 9.94. The summed E-state index contributed by atoms with van der Waals surface area (Å²) in [5.74, 6) is 0.970. The molecule has 3 amide bonds. The van der Waals surface area contributed by atoms with E-state index >= 15 is 0 Å². The molecule has 8 heteroatoms. The average Bonchev–Trinajstić information content (AvgIpc) is 2.81. The number of ether oxygens (including phenoxy) is 1. The minimum atomic E-state index is -0.652. The maximum atomic E-state index is 13.2. The van der Waals surface area contributed by atoms with Crippen molar-refractivity contribution >= 4 is 29.5 Å². The van der Waals surface area contributed by atoms with Crippen molar-refractivity contribution in [2.75, 3.05) is 11.1 Å². The number of hydrogen-bond acceptors (Lipinski definition) is 5. The van der Waals surface area contributed by atoms with Gasteiger partial charge in [-0.15, -0.1) is 0 Å². The lowest BCUT2D eigenvalue weighted by molar-refractivity contribution is -0.113. The number of nitrogen functional groups attached to an aromatic ring is 1. The predicted octanol–water partition coefficient (Wildman–Crippen LogP) is 4.33. The third-order valence-corrected chi connectivity index (χ3v) is 5.21. The van der Waals surface area contributed by atoms with Crippen LogP contribution < -0.4 is 26.4 Å². The van der Waals surface area contributed by atoms with Gasteiger partial charge < -0.3 is 31.8 Å². The summed E-state index contributed by atoms with van der Waals surface area (Å²) >= 11 is 0. The SMILES string of the molecule is CC1=C(C(=O)Nc2ccc(N)c(C=N)c2)C(c2ccc(Oc3ccccc3)cc2)NC(=O)N1. The number of rotatable bonds is 6. The topological polar surface area (TPSA) is 129 Å². The Morgan fingerprint density at radius 2 is 1.76 bits per heavy atom. The van der Waals surface area contributed by atoms with Gasteiger partial charge in [0, 0.05) is 28.8 Å². The standard InChI is InChI=1S/C25H23N5O3/c1-15-22(24(31)29-18-9-12-21(27)17(13-18)14-26)23(30-25(32)28-15)16-7-10-20(11-8-16)33-19-5-3-2-4-6-19/h2-14,23,26H,27H2,1H3,(H,29,31)(H2,28,30,32). The van der Waals surface area contributed by atoms with Crippen molar-refractivity contribution in [2.24, 2.45) is 0 Å². The van der Waals surface area contributed by atoms with E-state index in [-0.39, 0.29) is 5.91 Å². The summed E-state index contributed by atoms with van der Waals surface area (Å²) in [6.45, 7) is 1.68. The Morgan fingerprint density at radius 1 is 1.06 bits per heavy atom. The van der Waals surface area contributed by atoms with E-state index in [1.807, 2.05) is 42.5 Å². The van der Waals surface area contributed by atoms with E-state index in [9.17, 15) is 9.59 Å². The molecule has 1 atom stereocenters. The zero-order valence-corrected chi connectivity index (χ0v) is 17.9. The van der Waals surface area contributed by atoms with Crippen LogP contribution in [0.15, 0.2) is 84.1 Å². The van der Waals surface area contributed by atoms with Crippen LogP contribution in [0.4, 0.5) is 16.2 Å². The van der Waals surface area contributed by atoms with Crippen LogP contribution in [0.5, 0.6) is 11.5 Å². The fourth-order valence-electron chi connectivity index (χ4n) is 3.57. The molecule has 6 N–H and O–H groups in total. The zero-order valence-electron chi connectivity index (χ0n) is 17.9. The number of carbonyl (C=O) groups is 2. The molecular formula is C25H23N5O3. The Labute approximate surface area is 191 Å². The molecule has 1 aliphatic rings. The highest BCUT2D eigenvalue weighted by atomic mass is 16.5. The first-order valence-electron chi connectivity index (χ1n) is 10.3. The van der Waals surface area contributed by atoms with Gasteiger partial charge in [0.25, 0.3) is 5.91 Å². The summed E-state index contributed by atoms with van der Waals surface area (Å²) in [4.78, 5) is 25.3. The molecule has 1 unspecified atom stereocenters. The second-order valence-corrected chi connectivity index (χ2v) is 7.50. The van der Waals surface area contributed by atoms with Crippen LogP contribution >= 0.6 is 0 Å². The van der Waals surface area contributed by atoms with Gasteiger partial charge in [-0.05, 0) is 55.0 Å². The van der Waals surface area contributed by atoms with E-state index in [0.717, 1.165) is 11.8 Å². The Morgan fingerprint density at radius 3 is 2.45 bits per heavy atom. The monoisotopic (exact) mass is 441 g/mol. The quantitative estimate of drug-likeness (QED) is 0.288. The summed E-state index contributed by atoms with van der Waals surface area (Å²) in [6.07, 6.45) is 1.12. The third-order valence-electron chi connectivity index (χ3n) is 5.21. The Balaban J connectivity index is 1.58. The van der Waals surface area contributed by atoms with Crippen LogP contribution in [0.25, 0.3) is 0 Å². The first kappa shape index (κ1) is 21.6. The van der Waals surface area contributed by atoms with E-state index in [1.165, 1.54) is 0 Å². The second-order valence-electron chi connectivity index (χ2n) is 7.50. The fraction of sp³-hybridized carbons (Fsp3) is 0.0800. The molecule has 3 aromatic carbocycles. The first-order valence-corrected chi connectivity index (χ1v) is 10.3. The molecule has 0 aliphatic carbocycles. The minimum absolute atomic E-state index is 0.375. The van der Waals surface area contributed by atoms with E-state index in [2.05, 4.69) is 16.0 Å². The third kappa shape index (κ3) is 4.85. The van der Waals surface area contributed by atoms with E-state index < -0.39 is 12.1 Å². The Bertz CT molecular complexity index is 1240. The highest BCUT2D eigenvalue weighted by Crippen LogP contribution is 2.30. The molecule has 1 heterocycles. The average molecular weight is 441 g/mol. The van der Waals surface area contributed by atoms with Gasteiger partial charge in [0.05, 0.1) is 11.6 Å². The number of carbonyl (C=O) groups excluding carboxylic acids is 2. The Hall–Kier alpha value is -4.59. The van der Waals surface area contributed by atoms with Crippen LogP contribution in [0.1, 0.15) is 24.1 Å². The van der Waals surface area contributed by atoms with Crippen LogP contribution in [0, 0.1) is 5.41 Å². The normalized spacial score (nSPS) is 15.3. The number of nitrogens with two attached hydrogens (primary N) is 1. The fourth-order valence-corrected chi connectivity index (χ4v) is 3.57. The molecule has 1 aliphatic heterocycles. The number of allylic oxidation sites excluding steroid dienone is 1. The smallest absolute Gasteiger partial charge is 0.319 e. The number of hydrogen-bond donors (Lipinski definition) is 5. The lowest BCUT2D eigenvalue weighted by Gasteiger charge is -2.28. The molecule has 0 radical (unpaired) electrons. The van der Waals surface area contributed by atoms with Crippen molar-refractivity contribution in [2.45, 2.75) is 13.0 Å². The summed E-state index contributed by atoms with van der Waals surface area (Å²) in [7, 11) is 0. The minimum Gasteiger partial charge on any atom is -0.457 e. The van der Waals surface area contributed by atoms with Crippen molar-refractivity contribution in [1.82, 2.24) is 10.6 Å². The molecule has 0 fully saturated rings. The van der Waals surface area contributed by atoms with Gasteiger partial charge in [-0.2, -0.15) is 0 Å². The molecule has 3 aromatic rings. The number of amides is 3. The highest BCUT2D eigenvalue weighted by Gasteiger charge is 2.31. The van der Waals surface area contributed by atoms with Crippen LogP contribution in [-0.2, 0) is 4.79 Å². The second kappa shape index (κ2) is 9.27. The molecule has 4 rings (SSSR count).